The Kier molecular flexibility index (Phi) is 5.62. The van der Waals surface area contributed by atoms with Gasteiger partial charge in [0.15, 0.2) is 0 Å². The number of hydrogen-bond acceptors (Lipinski definition) is 4. The van der Waals surface area contributed by atoms with E-state index in [2.05, 4.69) is 19.9 Å². The maximum atomic E-state index is 11.2. The van der Waals surface area contributed by atoms with Gasteiger partial charge in [0.2, 0.25) is 0 Å². The maximum absolute atomic E-state index is 11.2. The summed E-state index contributed by atoms with van der Waals surface area (Å²) < 4.78 is 13.0. The SMILES string of the molecule is CC.[2H]OC(=O)C([N+]#[C-])c1ccc(C([N+]#[C-])C(=O)O[2H])cc1. The zero-order chi connectivity index (χ0) is 17.1. The second kappa shape index (κ2) is 8.28. The van der Waals surface area contributed by atoms with Crippen molar-refractivity contribution in [1.82, 2.24) is 0 Å². The van der Waals surface area contributed by atoms with Crippen LogP contribution in [0.4, 0.5) is 0 Å². The summed E-state index contributed by atoms with van der Waals surface area (Å²) in [5.41, 5.74) is 0.563. The van der Waals surface area contributed by atoms with Gasteiger partial charge >= 0.3 is 24.0 Å². The van der Waals surface area contributed by atoms with Crippen LogP contribution in [0.15, 0.2) is 24.3 Å². The summed E-state index contributed by atoms with van der Waals surface area (Å²) in [7, 11) is 0. The van der Waals surface area contributed by atoms with Gasteiger partial charge in [-0.15, -0.1) is 0 Å². The minimum absolute atomic E-state index is 0.281. The number of nitrogens with zero attached hydrogens (tertiary/aromatic N) is 2. The Morgan fingerprint density at radius 1 is 1.00 bits per heavy atom. The Bertz CT molecular complexity index is 537. The number of benzene rings is 1. The fraction of sp³-hybridized carbons (Fsp3) is 0.286. The summed E-state index contributed by atoms with van der Waals surface area (Å²) in [5, 5.41) is 7.52. The van der Waals surface area contributed by atoms with Crippen molar-refractivity contribution in [1.29, 1.82) is 2.86 Å². The molecule has 1 aromatic rings. The van der Waals surface area contributed by atoms with Gasteiger partial charge in [-0.05, 0) is 0 Å². The average molecular weight is 276 g/mol. The van der Waals surface area contributed by atoms with Gasteiger partial charge in [0.25, 0.3) is 2.86 Å². The van der Waals surface area contributed by atoms with Crippen LogP contribution in [0, 0.1) is 13.1 Å². The van der Waals surface area contributed by atoms with E-state index in [4.69, 9.17) is 16.0 Å². The van der Waals surface area contributed by atoms with Crippen LogP contribution in [0.5, 0.6) is 0 Å². The largest absolute Gasteiger partial charge is 0.475 e. The van der Waals surface area contributed by atoms with Crippen molar-refractivity contribution in [3.63, 3.8) is 0 Å². The van der Waals surface area contributed by atoms with E-state index in [0.717, 1.165) is 0 Å². The molecule has 0 aliphatic heterocycles. The zero-order valence-corrected chi connectivity index (χ0v) is 11.0. The Hall–Kier alpha value is -2.86. The van der Waals surface area contributed by atoms with E-state index >= 15 is 0 Å². The molecule has 2 N–H and O–H groups in total. The highest BCUT2D eigenvalue weighted by Gasteiger charge is 2.28. The quantitative estimate of drug-likeness (QED) is 0.828. The second-order valence-electron chi connectivity index (χ2n) is 3.37. The van der Waals surface area contributed by atoms with E-state index in [-0.39, 0.29) is 11.1 Å². The van der Waals surface area contributed by atoms with Gasteiger partial charge in [0.05, 0.1) is 0 Å². The van der Waals surface area contributed by atoms with Gasteiger partial charge in [-0.25, -0.2) is 22.7 Å². The normalized spacial score (nSPS) is 12.8. The third-order valence-corrected chi connectivity index (χ3v) is 2.27. The van der Waals surface area contributed by atoms with Crippen LogP contribution < -0.4 is 0 Å². The fourth-order valence-corrected chi connectivity index (χ4v) is 1.39. The molecule has 0 saturated carbocycles. The number of carbonyl (C=O) groups is 2. The lowest BCUT2D eigenvalue weighted by atomic mass is 10.0. The van der Waals surface area contributed by atoms with Crippen LogP contribution in [-0.4, -0.2) is 22.2 Å². The lowest BCUT2D eigenvalue weighted by Crippen LogP contribution is -2.09. The third-order valence-electron chi connectivity index (χ3n) is 2.27. The molecule has 20 heavy (non-hydrogen) atoms. The first-order valence-corrected chi connectivity index (χ1v) is 5.76. The molecule has 1 rings (SSSR count). The van der Waals surface area contributed by atoms with E-state index in [1.54, 1.807) is 0 Å². The van der Waals surface area contributed by atoms with Gasteiger partial charge in [-0.1, -0.05) is 38.1 Å². The predicted octanol–water partition coefficient (Wildman–Crippen LogP) is 2.80. The number of carboxylic acids is 2. The summed E-state index contributed by atoms with van der Waals surface area (Å²) in [6, 6.07) is 2.98. The minimum Gasteiger partial charge on any atom is -0.475 e. The molecule has 0 radical (unpaired) electrons. The molecule has 0 aliphatic carbocycles. The molecule has 1 aromatic carbocycles. The molecular weight excluding hydrogens is 260 g/mol. The molecule has 0 aliphatic rings. The van der Waals surface area contributed by atoms with Gasteiger partial charge in [-0.2, -0.15) is 0 Å². The first-order chi connectivity index (χ1) is 10.6. The molecule has 0 fully saturated rings. The summed E-state index contributed by atoms with van der Waals surface area (Å²) in [6.07, 6.45) is 0. The van der Waals surface area contributed by atoms with Gasteiger partial charge < -0.3 is 10.2 Å². The summed E-state index contributed by atoms with van der Waals surface area (Å²) in [6.45, 7) is 17.8. The zero-order valence-electron chi connectivity index (χ0n) is 13.0. The Morgan fingerprint density at radius 2 is 1.30 bits per heavy atom. The first kappa shape index (κ1) is 13.6. The fourth-order valence-electron chi connectivity index (χ4n) is 1.39. The van der Waals surface area contributed by atoms with Crippen molar-refractivity contribution >= 4 is 11.9 Å². The smallest absolute Gasteiger partial charge is 0.392 e. The van der Waals surface area contributed by atoms with E-state index in [1.165, 1.54) is 24.3 Å². The predicted molar refractivity (Wildman–Crippen MR) is 71.7 cm³/mol. The highest BCUT2D eigenvalue weighted by Crippen LogP contribution is 2.22. The summed E-state index contributed by atoms with van der Waals surface area (Å²) >= 11 is 0. The molecule has 6 heteroatoms. The Labute approximate surface area is 119 Å². The second-order valence-corrected chi connectivity index (χ2v) is 3.37. The van der Waals surface area contributed by atoms with Crippen LogP contribution in [0.25, 0.3) is 12.6 Å². The summed E-state index contributed by atoms with van der Waals surface area (Å²) in [4.78, 5) is 28.5. The highest BCUT2D eigenvalue weighted by molar-refractivity contribution is 5.79. The highest BCUT2D eigenvalue weighted by atomic mass is 16.4. The molecule has 6 nitrogen and oxygen atoms in total. The number of hydrogen-bond donors (Lipinski definition) is 2. The molecule has 0 amide bonds. The van der Waals surface area contributed by atoms with Crippen LogP contribution in [0.3, 0.4) is 0 Å². The molecule has 0 bridgehead atoms. The van der Waals surface area contributed by atoms with Crippen LogP contribution >= 0.6 is 0 Å². The Balaban J connectivity index is 0.00000211. The first-order valence-electron chi connectivity index (χ1n) is 6.57. The molecule has 0 spiro atoms. The van der Waals surface area contributed by atoms with E-state index < -0.39 is 24.0 Å². The molecule has 0 aromatic heterocycles. The molecular formula is C14H14N2O4. The van der Waals surface area contributed by atoms with E-state index in [9.17, 15) is 9.59 Å². The van der Waals surface area contributed by atoms with Crippen molar-refractivity contribution in [2.45, 2.75) is 25.9 Å². The van der Waals surface area contributed by atoms with Crippen LogP contribution in [0.2, 0.25) is 0 Å². The lowest BCUT2D eigenvalue weighted by Gasteiger charge is -2.03. The van der Waals surface area contributed by atoms with Crippen molar-refractivity contribution in [2.75, 3.05) is 0 Å². The molecule has 0 saturated heterocycles. The van der Waals surface area contributed by atoms with Gasteiger partial charge in [-0.3, -0.25) is 9.69 Å². The molecule has 104 valence electrons. The molecule has 2 unspecified atom stereocenters. The standard InChI is InChI=1S/C12H8N2O4.C2H6/c1-13-9(11(15)16)7-3-5-8(6-4-7)10(14-2)12(17)18;1-2/h3-6,9-10H,(H,15,16)(H,17,18);1-2H3/i/hD2. The molecule has 2 atom stereocenters. The van der Waals surface area contributed by atoms with Crippen molar-refractivity contribution in [3.8, 4) is 0 Å². The van der Waals surface area contributed by atoms with E-state index in [0.29, 0.717) is 0 Å². The van der Waals surface area contributed by atoms with Gasteiger partial charge in [0, 0.05) is 11.1 Å². The Morgan fingerprint density at radius 3 is 1.50 bits per heavy atom. The van der Waals surface area contributed by atoms with Crippen LogP contribution in [0.1, 0.15) is 37.1 Å². The third kappa shape index (κ3) is 4.11. The van der Waals surface area contributed by atoms with Crippen molar-refractivity contribution in [2.24, 2.45) is 0 Å². The number of aliphatic carboxylic acids is 2. The lowest BCUT2D eigenvalue weighted by molar-refractivity contribution is -0.138. The number of rotatable bonds is 4. The van der Waals surface area contributed by atoms with Crippen molar-refractivity contribution < 1.29 is 19.8 Å². The average Bonchev–Trinajstić information content (AvgIpc) is 2.58. The maximum Gasteiger partial charge on any atom is 0.392 e. The monoisotopic (exact) mass is 276 g/mol. The summed E-state index contributed by atoms with van der Waals surface area (Å²) in [5.74, 6) is -2.03. The van der Waals surface area contributed by atoms with Gasteiger partial charge in [0.1, 0.15) is 0 Å². The topological polar surface area (TPSA) is 83.3 Å². The van der Waals surface area contributed by atoms with Crippen LogP contribution in [-0.2, 0) is 9.59 Å². The number of carboxylic acid groups (broad SMARTS) is 2. The molecule has 0 heterocycles. The van der Waals surface area contributed by atoms with E-state index in [1.807, 2.05) is 13.8 Å². The van der Waals surface area contributed by atoms with Crippen molar-refractivity contribution in [3.05, 3.63) is 58.2 Å². The minimum atomic E-state index is -1.27.